The third-order valence-electron chi connectivity index (χ3n) is 4.35. The van der Waals surface area contributed by atoms with Gasteiger partial charge in [0.25, 0.3) is 5.91 Å². The van der Waals surface area contributed by atoms with E-state index < -0.39 is 0 Å². The Morgan fingerprint density at radius 3 is 2.81 bits per heavy atom. The minimum atomic E-state index is 0. The molecule has 1 aliphatic heterocycles. The average molecular weight is 489 g/mol. The summed E-state index contributed by atoms with van der Waals surface area (Å²) in [6, 6.07) is 7.76. The van der Waals surface area contributed by atoms with Gasteiger partial charge in [0.2, 0.25) is 0 Å². The number of aliphatic imine (C=N–C) groups is 1. The highest BCUT2D eigenvalue weighted by molar-refractivity contribution is 14.0. The van der Waals surface area contributed by atoms with E-state index in [-0.39, 0.29) is 36.0 Å². The topological polar surface area (TPSA) is 69.2 Å². The van der Waals surface area contributed by atoms with Crippen molar-refractivity contribution in [1.82, 2.24) is 20.4 Å². The molecule has 0 aliphatic carbocycles. The van der Waals surface area contributed by atoms with Crippen LogP contribution in [0.25, 0.3) is 0 Å². The minimum absolute atomic E-state index is 0. The number of morpholine rings is 1. The number of carbonyl (C=O) groups is 1. The summed E-state index contributed by atoms with van der Waals surface area (Å²) in [7, 11) is 7.40. The molecule has 1 unspecified atom stereocenters. The quantitative estimate of drug-likeness (QED) is 0.355. The van der Waals surface area contributed by atoms with Crippen molar-refractivity contribution in [3.05, 3.63) is 35.4 Å². The molecule has 2 rings (SSSR count). The lowest BCUT2D eigenvalue weighted by molar-refractivity contribution is -0.0161. The summed E-state index contributed by atoms with van der Waals surface area (Å²) >= 11 is 0. The van der Waals surface area contributed by atoms with Crippen molar-refractivity contribution in [3.8, 4) is 0 Å². The monoisotopic (exact) mass is 489 g/mol. The second kappa shape index (κ2) is 12.1. The van der Waals surface area contributed by atoms with Crippen LogP contribution in [0.2, 0.25) is 0 Å². The molecule has 0 bridgehead atoms. The summed E-state index contributed by atoms with van der Waals surface area (Å²) in [5.41, 5.74) is 1.84. The maximum atomic E-state index is 12.0. The maximum absolute atomic E-state index is 12.0. The Balaban J connectivity index is 0.00000364. The van der Waals surface area contributed by atoms with Crippen LogP contribution in [-0.2, 0) is 11.2 Å². The summed E-state index contributed by atoms with van der Waals surface area (Å²) in [6.07, 6.45) is 0.999. The van der Waals surface area contributed by atoms with Crippen LogP contribution in [0.5, 0.6) is 0 Å². The number of guanidine groups is 1. The molecule has 0 saturated carbocycles. The molecule has 1 aromatic rings. The molecular weight excluding hydrogens is 457 g/mol. The number of amides is 1. The first-order valence-corrected chi connectivity index (χ1v) is 9.05. The average Bonchev–Trinajstić information content (AvgIpc) is 2.64. The van der Waals surface area contributed by atoms with Crippen LogP contribution < -0.4 is 10.6 Å². The predicted octanol–water partition coefficient (Wildman–Crippen LogP) is 1.04. The Morgan fingerprint density at radius 2 is 2.15 bits per heavy atom. The van der Waals surface area contributed by atoms with Crippen molar-refractivity contribution >= 4 is 35.8 Å². The second-order valence-corrected chi connectivity index (χ2v) is 6.78. The molecule has 1 aromatic carbocycles. The zero-order valence-electron chi connectivity index (χ0n) is 16.7. The highest BCUT2D eigenvalue weighted by Crippen LogP contribution is 2.07. The lowest BCUT2D eigenvalue weighted by Gasteiger charge is -2.30. The molecular formula is C19H32IN5O2. The highest BCUT2D eigenvalue weighted by atomic mass is 127. The van der Waals surface area contributed by atoms with Gasteiger partial charge < -0.3 is 25.2 Å². The van der Waals surface area contributed by atoms with E-state index in [0.29, 0.717) is 5.56 Å². The molecule has 27 heavy (non-hydrogen) atoms. The number of likely N-dealkylation sites (N-methyl/N-ethyl adjacent to an activating group) is 1. The molecule has 0 radical (unpaired) electrons. The first-order chi connectivity index (χ1) is 12.5. The number of nitrogens with one attached hydrogen (secondary N) is 2. The highest BCUT2D eigenvalue weighted by Gasteiger charge is 2.17. The molecule has 1 fully saturated rings. The second-order valence-electron chi connectivity index (χ2n) is 6.78. The van der Waals surface area contributed by atoms with Crippen molar-refractivity contribution in [1.29, 1.82) is 0 Å². The SMILES string of the molecule is CN=C(NCCc1cccc(C(=O)N(C)C)c1)NCC1CN(C)CCO1.I. The van der Waals surface area contributed by atoms with Crippen molar-refractivity contribution in [2.75, 3.05) is 61.0 Å². The number of carbonyl (C=O) groups excluding carboxylic acids is 1. The van der Waals surface area contributed by atoms with Gasteiger partial charge in [-0.1, -0.05) is 12.1 Å². The number of ether oxygens (including phenoxy) is 1. The molecule has 152 valence electrons. The Kier molecular flexibility index (Phi) is 10.6. The van der Waals surface area contributed by atoms with Crippen molar-refractivity contribution < 1.29 is 9.53 Å². The molecule has 1 saturated heterocycles. The number of rotatable bonds is 6. The molecule has 1 amide bonds. The number of hydrogen-bond acceptors (Lipinski definition) is 4. The zero-order chi connectivity index (χ0) is 18.9. The van der Waals surface area contributed by atoms with E-state index >= 15 is 0 Å². The Morgan fingerprint density at radius 1 is 1.37 bits per heavy atom. The molecule has 0 spiro atoms. The zero-order valence-corrected chi connectivity index (χ0v) is 19.0. The number of halogens is 1. The van der Waals surface area contributed by atoms with E-state index in [1.54, 1.807) is 26.0 Å². The Bertz CT molecular complexity index is 624. The fraction of sp³-hybridized carbons (Fsp3) is 0.579. The molecule has 1 heterocycles. The summed E-state index contributed by atoms with van der Waals surface area (Å²) in [4.78, 5) is 20.2. The first kappa shape index (κ1) is 23.6. The van der Waals surface area contributed by atoms with Crippen LogP contribution in [0.1, 0.15) is 15.9 Å². The molecule has 0 aromatic heterocycles. The van der Waals surface area contributed by atoms with Gasteiger partial charge in [-0.2, -0.15) is 0 Å². The van der Waals surface area contributed by atoms with Gasteiger partial charge in [-0.3, -0.25) is 9.79 Å². The van der Waals surface area contributed by atoms with Crippen LogP contribution in [0, 0.1) is 0 Å². The van der Waals surface area contributed by atoms with Crippen molar-refractivity contribution in [2.24, 2.45) is 4.99 Å². The van der Waals surface area contributed by atoms with Crippen LogP contribution in [-0.4, -0.2) is 88.7 Å². The normalized spacial score (nSPS) is 17.8. The fourth-order valence-electron chi connectivity index (χ4n) is 2.86. The number of nitrogens with zero attached hydrogens (tertiary/aromatic N) is 3. The van der Waals surface area contributed by atoms with Gasteiger partial charge in [-0.05, 0) is 31.2 Å². The van der Waals surface area contributed by atoms with Gasteiger partial charge in [0.1, 0.15) is 0 Å². The molecule has 2 N–H and O–H groups in total. The molecule has 1 aliphatic rings. The van der Waals surface area contributed by atoms with Crippen LogP contribution in [0.3, 0.4) is 0 Å². The summed E-state index contributed by atoms with van der Waals surface area (Å²) in [5, 5.41) is 6.63. The summed E-state index contributed by atoms with van der Waals surface area (Å²) in [6.45, 7) is 4.16. The van der Waals surface area contributed by atoms with Gasteiger partial charge in [0, 0.05) is 52.9 Å². The lowest BCUT2D eigenvalue weighted by atomic mass is 10.1. The van der Waals surface area contributed by atoms with Gasteiger partial charge in [0.15, 0.2) is 5.96 Å². The van der Waals surface area contributed by atoms with Gasteiger partial charge >= 0.3 is 0 Å². The van der Waals surface area contributed by atoms with E-state index in [0.717, 1.165) is 50.7 Å². The lowest BCUT2D eigenvalue weighted by Crippen LogP contribution is -2.48. The third-order valence-corrected chi connectivity index (χ3v) is 4.35. The predicted molar refractivity (Wildman–Crippen MR) is 120 cm³/mol. The summed E-state index contributed by atoms with van der Waals surface area (Å²) in [5.74, 6) is 0.789. The smallest absolute Gasteiger partial charge is 0.253 e. The molecule has 7 nitrogen and oxygen atoms in total. The first-order valence-electron chi connectivity index (χ1n) is 9.05. The molecule has 1 atom stereocenters. The Labute approximate surface area is 179 Å². The van der Waals surface area contributed by atoms with E-state index in [1.807, 2.05) is 24.3 Å². The van der Waals surface area contributed by atoms with E-state index in [2.05, 4.69) is 27.6 Å². The summed E-state index contributed by atoms with van der Waals surface area (Å²) < 4.78 is 5.75. The largest absolute Gasteiger partial charge is 0.374 e. The van der Waals surface area contributed by atoms with Gasteiger partial charge in [-0.25, -0.2) is 0 Å². The fourth-order valence-corrected chi connectivity index (χ4v) is 2.86. The standard InChI is InChI=1S/C19H31N5O2.HI/c1-20-19(22-13-17-14-24(4)10-11-26-17)21-9-8-15-6-5-7-16(12-15)18(25)23(2)3;/h5-7,12,17H,8-11,13-14H2,1-4H3,(H2,20,21,22);1H. The molecule has 8 heteroatoms. The van der Waals surface area contributed by atoms with E-state index in [4.69, 9.17) is 4.74 Å². The van der Waals surface area contributed by atoms with Crippen LogP contribution in [0.15, 0.2) is 29.3 Å². The Hall–Kier alpha value is -1.39. The van der Waals surface area contributed by atoms with E-state index in [9.17, 15) is 4.79 Å². The van der Waals surface area contributed by atoms with Gasteiger partial charge in [-0.15, -0.1) is 24.0 Å². The van der Waals surface area contributed by atoms with Crippen LogP contribution >= 0.6 is 24.0 Å². The van der Waals surface area contributed by atoms with E-state index in [1.165, 1.54) is 0 Å². The number of hydrogen-bond donors (Lipinski definition) is 2. The minimum Gasteiger partial charge on any atom is -0.374 e. The van der Waals surface area contributed by atoms with Crippen LogP contribution in [0.4, 0.5) is 0 Å². The third kappa shape index (κ3) is 8.02. The van der Waals surface area contributed by atoms with Gasteiger partial charge in [0.05, 0.1) is 12.7 Å². The number of benzene rings is 1. The van der Waals surface area contributed by atoms with Crippen molar-refractivity contribution in [2.45, 2.75) is 12.5 Å². The van der Waals surface area contributed by atoms with Crippen molar-refractivity contribution in [3.63, 3.8) is 0 Å². The maximum Gasteiger partial charge on any atom is 0.253 e.